The van der Waals surface area contributed by atoms with Gasteiger partial charge in [-0.25, -0.2) is 0 Å². The molecule has 1 N–H and O–H groups in total. The van der Waals surface area contributed by atoms with Gasteiger partial charge >= 0.3 is 0 Å². The van der Waals surface area contributed by atoms with E-state index in [0.717, 1.165) is 18.8 Å². The zero-order valence-electron chi connectivity index (χ0n) is 10.8. The van der Waals surface area contributed by atoms with Gasteiger partial charge in [-0.3, -0.25) is 0 Å². The van der Waals surface area contributed by atoms with Gasteiger partial charge in [-0.05, 0) is 48.3 Å². The summed E-state index contributed by atoms with van der Waals surface area (Å²) < 4.78 is 0. The zero-order valence-corrected chi connectivity index (χ0v) is 10.8. The first-order chi connectivity index (χ1) is 7.43. The van der Waals surface area contributed by atoms with Crippen LogP contribution in [0.5, 0.6) is 0 Å². The molecule has 3 aliphatic carbocycles. The summed E-state index contributed by atoms with van der Waals surface area (Å²) in [6.07, 6.45) is 6.37. The van der Waals surface area contributed by atoms with Crippen molar-refractivity contribution in [1.29, 1.82) is 0 Å². The molecule has 0 bridgehead atoms. The lowest BCUT2D eigenvalue weighted by atomic mass is 9.78. The van der Waals surface area contributed by atoms with Crippen LogP contribution in [0.4, 0.5) is 0 Å². The van der Waals surface area contributed by atoms with Gasteiger partial charge < -0.3 is 5.11 Å². The summed E-state index contributed by atoms with van der Waals surface area (Å²) in [7, 11) is 0. The molecule has 0 aliphatic heterocycles. The van der Waals surface area contributed by atoms with E-state index < -0.39 is 5.60 Å². The van der Waals surface area contributed by atoms with E-state index in [0.29, 0.717) is 22.7 Å². The smallest absolute Gasteiger partial charge is 0.0723 e. The summed E-state index contributed by atoms with van der Waals surface area (Å²) in [6, 6.07) is 0. The van der Waals surface area contributed by atoms with Gasteiger partial charge in [-0.2, -0.15) is 0 Å². The van der Waals surface area contributed by atoms with Crippen LogP contribution in [0.1, 0.15) is 46.5 Å². The molecule has 1 nitrogen and oxygen atoms in total. The second-order valence-electron chi connectivity index (χ2n) is 6.92. The Labute approximate surface area is 98.9 Å². The molecule has 0 radical (unpaired) electrons. The highest BCUT2D eigenvalue weighted by Crippen LogP contribution is 2.89. The number of hydrogen-bond acceptors (Lipinski definition) is 1. The third-order valence-corrected chi connectivity index (χ3v) is 6.44. The average Bonchev–Trinajstić information content (AvgIpc) is 2.55. The Hall–Kier alpha value is -0.300. The minimum Gasteiger partial charge on any atom is -0.389 e. The van der Waals surface area contributed by atoms with Crippen LogP contribution in [-0.2, 0) is 0 Å². The first kappa shape index (κ1) is 10.8. The molecule has 0 saturated heterocycles. The molecule has 1 spiro atoms. The molecule has 0 aromatic heterocycles. The summed E-state index contributed by atoms with van der Waals surface area (Å²) in [5.41, 5.74) is 0.456. The average molecular weight is 220 g/mol. The van der Waals surface area contributed by atoms with Crippen molar-refractivity contribution < 1.29 is 5.11 Å². The van der Waals surface area contributed by atoms with Gasteiger partial charge in [0.1, 0.15) is 0 Å². The predicted octanol–water partition coefficient (Wildman–Crippen LogP) is 3.39. The minimum absolute atomic E-state index is 0.432. The molecule has 90 valence electrons. The van der Waals surface area contributed by atoms with E-state index in [2.05, 4.69) is 27.4 Å². The highest BCUT2D eigenvalue weighted by Gasteiger charge is 2.87. The zero-order chi connectivity index (χ0) is 11.8. The van der Waals surface area contributed by atoms with Crippen LogP contribution in [0.25, 0.3) is 0 Å². The molecule has 3 aliphatic rings. The van der Waals surface area contributed by atoms with Crippen LogP contribution in [-0.4, -0.2) is 10.7 Å². The maximum absolute atomic E-state index is 10.9. The molecule has 16 heavy (non-hydrogen) atoms. The van der Waals surface area contributed by atoms with Crippen molar-refractivity contribution in [2.75, 3.05) is 0 Å². The third kappa shape index (κ3) is 0.827. The van der Waals surface area contributed by atoms with Crippen LogP contribution < -0.4 is 0 Å². The fourth-order valence-electron chi connectivity index (χ4n) is 6.34. The Morgan fingerprint density at radius 3 is 2.62 bits per heavy atom. The van der Waals surface area contributed by atoms with Crippen molar-refractivity contribution >= 4 is 0 Å². The van der Waals surface area contributed by atoms with Crippen molar-refractivity contribution in [3.8, 4) is 0 Å². The normalized spacial score (nSPS) is 62.9. The quantitative estimate of drug-likeness (QED) is 0.707. The molecule has 3 rings (SSSR count). The summed E-state index contributed by atoms with van der Waals surface area (Å²) in [5.74, 6) is 2.03. The Morgan fingerprint density at radius 2 is 2.06 bits per heavy atom. The number of hydrogen-bond donors (Lipinski definition) is 1. The fourth-order valence-corrected chi connectivity index (χ4v) is 6.34. The van der Waals surface area contributed by atoms with Crippen LogP contribution in [0.3, 0.4) is 0 Å². The summed E-state index contributed by atoms with van der Waals surface area (Å²) >= 11 is 0. The molecular formula is C15H24O. The monoisotopic (exact) mass is 220 g/mol. The summed E-state index contributed by atoms with van der Waals surface area (Å²) in [6.45, 7) is 11.0. The lowest BCUT2D eigenvalue weighted by molar-refractivity contribution is 0.00289. The number of fused-ring (bicyclic) bond motifs is 1. The first-order valence-electron chi connectivity index (χ1n) is 6.77. The first-order valence-corrected chi connectivity index (χ1v) is 6.77. The molecule has 3 fully saturated rings. The Balaban J connectivity index is 2.02. The van der Waals surface area contributed by atoms with E-state index in [1.54, 1.807) is 0 Å². The molecule has 3 saturated carbocycles. The molecule has 6 atom stereocenters. The highest BCUT2D eigenvalue weighted by atomic mass is 16.3. The maximum Gasteiger partial charge on any atom is 0.0723 e. The minimum atomic E-state index is -0.440. The van der Waals surface area contributed by atoms with Crippen LogP contribution >= 0.6 is 0 Å². The van der Waals surface area contributed by atoms with Crippen LogP contribution in [0.2, 0.25) is 0 Å². The van der Waals surface area contributed by atoms with E-state index in [4.69, 9.17) is 0 Å². The third-order valence-electron chi connectivity index (χ3n) is 6.44. The van der Waals surface area contributed by atoms with E-state index >= 15 is 0 Å². The lowest BCUT2D eigenvalue weighted by Crippen LogP contribution is -2.32. The molecule has 0 amide bonds. The molecule has 1 heteroatoms. The van der Waals surface area contributed by atoms with Gasteiger partial charge in [0.05, 0.1) is 5.60 Å². The molecule has 0 aromatic carbocycles. The maximum atomic E-state index is 10.9. The van der Waals surface area contributed by atoms with Crippen LogP contribution in [0, 0.1) is 28.6 Å². The van der Waals surface area contributed by atoms with Crippen molar-refractivity contribution in [1.82, 2.24) is 0 Å². The van der Waals surface area contributed by atoms with Gasteiger partial charge in [0.2, 0.25) is 0 Å². The standard InChI is InChI=1S/C15H24O/c1-5-7-14(16)9-11(3)15-10(2)6-8-13(15,4)12(14)15/h5,10-12,16H,1,6-9H2,2-4H3/t10-,11-,12?,13?,14+,15?/m0/s1. The van der Waals surface area contributed by atoms with Gasteiger partial charge in [-0.15, -0.1) is 6.58 Å². The lowest BCUT2D eigenvalue weighted by Gasteiger charge is -2.30. The fraction of sp³-hybridized carbons (Fsp3) is 0.867. The number of rotatable bonds is 2. The van der Waals surface area contributed by atoms with Crippen molar-refractivity contribution in [2.24, 2.45) is 28.6 Å². The van der Waals surface area contributed by atoms with Gasteiger partial charge in [0.25, 0.3) is 0 Å². The topological polar surface area (TPSA) is 20.2 Å². The molecule has 3 unspecified atom stereocenters. The van der Waals surface area contributed by atoms with Crippen molar-refractivity contribution in [3.05, 3.63) is 12.7 Å². The summed E-state index contributed by atoms with van der Waals surface area (Å²) in [5, 5.41) is 10.9. The van der Waals surface area contributed by atoms with Crippen molar-refractivity contribution in [2.45, 2.75) is 52.1 Å². The van der Waals surface area contributed by atoms with Gasteiger partial charge in [0.15, 0.2) is 0 Å². The van der Waals surface area contributed by atoms with E-state index in [9.17, 15) is 5.11 Å². The second-order valence-corrected chi connectivity index (χ2v) is 6.92. The number of aliphatic hydroxyl groups is 1. The van der Waals surface area contributed by atoms with Crippen molar-refractivity contribution in [3.63, 3.8) is 0 Å². The Bertz CT molecular complexity index is 349. The van der Waals surface area contributed by atoms with E-state index in [1.165, 1.54) is 12.8 Å². The molecule has 0 heterocycles. The highest BCUT2D eigenvalue weighted by molar-refractivity contribution is 5.35. The van der Waals surface area contributed by atoms with Gasteiger partial charge in [0, 0.05) is 5.92 Å². The van der Waals surface area contributed by atoms with Crippen LogP contribution in [0.15, 0.2) is 12.7 Å². The van der Waals surface area contributed by atoms with Gasteiger partial charge in [-0.1, -0.05) is 26.8 Å². The molecular weight excluding hydrogens is 196 g/mol. The summed E-state index contributed by atoms with van der Waals surface area (Å²) in [4.78, 5) is 0. The predicted molar refractivity (Wildman–Crippen MR) is 66.0 cm³/mol. The Kier molecular flexibility index (Phi) is 1.86. The largest absolute Gasteiger partial charge is 0.389 e. The Morgan fingerprint density at radius 1 is 1.38 bits per heavy atom. The second kappa shape index (κ2) is 2.75. The molecule has 0 aromatic rings. The van der Waals surface area contributed by atoms with E-state index in [1.807, 2.05) is 6.08 Å². The SMILES string of the molecule is C=CC[C@@]1(O)C[C@H](C)C23C1C2(C)CC[C@@H]3C. The van der Waals surface area contributed by atoms with E-state index in [-0.39, 0.29) is 0 Å².